The van der Waals surface area contributed by atoms with Crippen LogP contribution in [0.5, 0.6) is 0 Å². The summed E-state index contributed by atoms with van der Waals surface area (Å²) in [5.41, 5.74) is 0. The standard InChI is InChI=1S/C7H11N3O2/c11-6-4-9-7(12)10(6)5-1-2-8-3-5/h5,8H,1-4H2,(H,9,12)/t5-/m0/s1. The van der Waals surface area contributed by atoms with E-state index in [9.17, 15) is 9.59 Å². The highest BCUT2D eigenvalue weighted by atomic mass is 16.2. The van der Waals surface area contributed by atoms with Gasteiger partial charge in [0.1, 0.15) is 0 Å². The Morgan fingerprint density at radius 3 is 2.75 bits per heavy atom. The van der Waals surface area contributed by atoms with Crippen LogP contribution in [-0.2, 0) is 4.79 Å². The van der Waals surface area contributed by atoms with Gasteiger partial charge in [-0.3, -0.25) is 9.69 Å². The predicted octanol–water partition coefficient (Wildman–Crippen LogP) is -1.10. The van der Waals surface area contributed by atoms with Gasteiger partial charge in [-0.25, -0.2) is 4.79 Å². The van der Waals surface area contributed by atoms with Crippen molar-refractivity contribution in [3.05, 3.63) is 0 Å². The Bertz CT molecular complexity index is 207. The molecule has 0 aromatic rings. The van der Waals surface area contributed by atoms with Crippen LogP contribution in [0, 0.1) is 0 Å². The van der Waals surface area contributed by atoms with Crippen molar-refractivity contribution in [1.82, 2.24) is 15.5 Å². The maximum atomic E-state index is 11.2. The van der Waals surface area contributed by atoms with E-state index in [4.69, 9.17) is 0 Å². The second-order valence-corrected chi connectivity index (χ2v) is 3.07. The average Bonchev–Trinajstić information content (AvgIpc) is 2.61. The third-order valence-electron chi connectivity index (χ3n) is 2.28. The van der Waals surface area contributed by atoms with Crippen molar-refractivity contribution in [3.8, 4) is 0 Å². The van der Waals surface area contributed by atoms with Crippen LogP contribution in [0.15, 0.2) is 0 Å². The van der Waals surface area contributed by atoms with Gasteiger partial charge in [-0.1, -0.05) is 0 Å². The number of rotatable bonds is 1. The second kappa shape index (κ2) is 2.75. The summed E-state index contributed by atoms with van der Waals surface area (Å²) in [6, 6.07) is -0.173. The van der Waals surface area contributed by atoms with Crippen LogP contribution < -0.4 is 10.6 Å². The van der Waals surface area contributed by atoms with Gasteiger partial charge in [0, 0.05) is 6.54 Å². The number of nitrogens with zero attached hydrogens (tertiary/aromatic N) is 1. The number of hydrogen-bond acceptors (Lipinski definition) is 3. The molecule has 3 amide bonds. The molecule has 2 aliphatic heterocycles. The Labute approximate surface area is 70.1 Å². The average molecular weight is 169 g/mol. The van der Waals surface area contributed by atoms with Crippen LogP contribution in [0.1, 0.15) is 6.42 Å². The number of carbonyl (C=O) groups is 2. The zero-order chi connectivity index (χ0) is 8.55. The third kappa shape index (κ3) is 1.06. The van der Waals surface area contributed by atoms with Crippen molar-refractivity contribution in [2.24, 2.45) is 0 Å². The quantitative estimate of drug-likeness (QED) is 0.490. The minimum absolute atomic E-state index is 0.0694. The summed E-state index contributed by atoms with van der Waals surface area (Å²) < 4.78 is 0. The van der Waals surface area contributed by atoms with Crippen LogP contribution in [0.3, 0.4) is 0 Å². The molecule has 2 rings (SSSR count). The zero-order valence-corrected chi connectivity index (χ0v) is 6.67. The summed E-state index contributed by atoms with van der Waals surface area (Å²) in [4.78, 5) is 23.7. The number of hydrogen-bond donors (Lipinski definition) is 2. The molecule has 2 N–H and O–H groups in total. The molecule has 0 unspecified atom stereocenters. The molecule has 0 radical (unpaired) electrons. The smallest absolute Gasteiger partial charge is 0.324 e. The van der Waals surface area contributed by atoms with Crippen molar-refractivity contribution in [2.75, 3.05) is 19.6 Å². The van der Waals surface area contributed by atoms with Crippen molar-refractivity contribution in [3.63, 3.8) is 0 Å². The molecule has 2 saturated heterocycles. The van der Waals surface area contributed by atoms with Crippen molar-refractivity contribution in [2.45, 2.75) is 12.5 Å². The molecule has 0 spiro atoms. The van der Waals surface area contributed by atoms with E-state index >= 15 is 0 Å². The van der Waals surface area contributed by atoms with E-state index in [2.05, 4.69) is 10.6 Å². The third-order valence-corrected chi connectivity index (χ3v) is 2.28. The molecular weight excluding hydrogens is 158 g/mol. The van der Waals surface area contributed by atoms with Crippen molar-refractivity contribution < 1.29 is 9.59 Å². The van der Waals surface area contributed by atoms with Gasteiger partial charge in [0.25, 0.3) is 0 Å². The highest BCUT2D eigenvalue weighted by Gasteiger charge is 2.35. The fraction of sp³-hybridized carbons (Fsp3) is 0.714. The van der Waals surface area contributed by atoms with Crippen LogP contribution in [0.4, 0.5) is 4.79 Å². The van der Waals surface area contributed by atoms with Gasteiger partial charge in [-0.05, 0) is 13.0 Å². The Morgan fingerprint density at radius 2 is 2.25 bits per heavy atom. The van der Waals surface area contributed by atoms with Gasteiger partial charge in [-0.2, -0.15) is 0 Å². The van der Waals surface area contributed by atoms with Gasteiger partial charge in [-0.15, -0.1) is 0 Å². The summed E-state index contributed by atoms with van der Waals surface area (Å²) in [6.45, 7) is 1.79. The summed E-state index contributed by atoms with van der Waals surface area (Å²) >= 11 is 0. The van der Waals surface area contributed by atoms with Crippen LogP contribution >= 0.6 is 0 Å². The number of urea groups is 1. The van der Waals surface area contributed by atoms with Gasteiger partial charge in [0.2, 0.25) is 5.91 Å². The lowest BCUT2D eigenvalue weighted by molar-refractivity contribution is -0.126. The molecule has 5 nitrogen and oxygen atoms in total. The van der Waals surface area contributed by atoms with Gasteiger partial charge in [0.05, 0.1) is 12.6 Å². The second-order valence-electron chi connectivity index (χ2n) is 3.07. The molecule has 2 heterocycles. The Hall–Kier alpha value is -1.10. The molecule has 0 saturated carbocycles. The molecule has 2 fully saturated rings. The highest BCUT2D eigenvalue weighted by Crippen LogP contribution is 2.11. The van der Waals surface area contributed by atoms with Crippen LogP contribution in [0.25, 0.3) is 0 Å². The van der Waals surface area contributed by atoms with E-state index in [1.807, 2.05) is 0 Å². The number of nitrogens with one attached hydrogen (secondary N) is 2. The first kappa shape index (κ1) is 7.54. The summed E-state index contributed by atoms with van der Waals surface area (Å²) in [6.07, 6.45) is 0.874. The molecule has 66 valence electrons. The highest BCUT2D eigenvalue weighted by molar-refractivity contribution is 6.02. The lowest BCUT2D eigenvalue weighted by Crippen LogP contribution is -2.41. The normalized spacial score (nSPS) is 29.7. The molecule has 1 atom stereocenters. The fourth-order valence-corrected chi connectivity index (χ4v) is 1.66. The maximum absolute atomic E-state index is 11.2. The summed E-state index contributed by atoms with van der Waals surface area (Å²) in [5, 5.41) is 5.62. The molecule has 0 aliphatic carbocycles. The minimum atomic E-state index is -0.242. The number of carbonyl (C=O) groups excluding carboxylic acids is 2. The molecule has 12 heavy (non-hydrogen) atoms. The molecule has 2 aliphatic rings. The zero-order valence-electron chi connectivity index (χ0n) is 6.67. The lowest BCUT2D eigenvalue weighted by atomic mass is 10.2. The number of imide groups is 1. The largest absolute Gasteiger partial charge is 0.329 e. The van der Waals surface area contributed by atoms with E-state index in [0.29, 0.717) is 0 Å². The minimum Gasteiger partial charge on any atom is -0.329 e. The first-order valence-corrected chi connectivity index (χ1v) is 4.09. The topological polar surface area (TPSA) is 61.4 Å². The van der Waals surface area contributed by atoms with Crippen LogP contribution in [0.2, 0.25) is 0 Å². The lowest BCUT2D eigenvalue weighted by Gasteiger charge is -2.18. The summed E-state index contributed by atoms with van der Waals surface area (Å²) in [7, 11) is 0. The van der Waals surface area contributed by atoms with E-state index in [-0.39, 0.29) is 24.5 Å². The SMILES string of the molecule is O=C1CNC(=O)N1[C@H]1CCNC1. The first-order chi connectivity index (χ1) is 5.79. The van der Waals surface area contributed by atoms with E-state index < -0.39 is 0 Å². The van der Waals surface area contributed by atoms with Gasteiger partial charge >= 0.3 is 6.03 Å². The Morgan fingerprint density at radius 1 is 1.42 bits per heavy atom. The molecule has 0 bridgehead atoms. The van der Waals surface area contributed by atoms with Crippen molar-refractivity contribution >= 4 is 11.9 Å². The predicted molar refractivity (Wildman–Crippen MR) is 41.5 cm³/mol. The Balaban J connectivity index is 2.09. The van der Waals surface area contributed by atoms with E-state index in [0.717, 1.165) is 19.5 Å². The fourth-order valence-electron chi connectivity index (χ4n) is 1.66. The van der Waals surface area contributed by atoms with Crippen LogP contribution in [-0.4, -0.2) is 42.5 Å². The van der Waals surface area contributed by atoms with Gasteiger partial charge in [0.15, 0.2) is 0 Å². The molecule has 0 aromatic heterocycles. The Kier molecular flexibility index (Phi) is 1.73. The first-order valence-electron chi connectivity index (χ1n) is 4.09. The maximum Gasteiger partial charge on any atom is 0.324 e. The van der Waals surface area contributed by atoms with Gasteiger partial charge < -0.3 is 10.6 Å². The monoisotopic (exact) mass is 169 g/mol. The molecular formula is C7H11N3O2. The molecule has 0 aromatic carbocycles. The van der Waals surface area contributed by atoms with E-state index in [1.54, 1.807) is 0 Å². The van der Waals surface area contributed by atoms with Crippen molar-refractivity contribution in [1.29, 1.82) is 0 Å². The van der Waals surface area contributed by atoms with E-state index in [1.165, 1.54) is 4.90 Å². The summed E-state index contributed by atoms with van der Waals surface area (Å²) in [5.74, 6) is -0.103. The number of amides is 3. The molecule has 5 heteroatoms.